The van der Waals surface area contributed by atoms with Gasteiger partial charge in [-0.3, -0.25) is 14.9 Å². The lowest BCUT2D eigenvalue weighted by molar-refractivity contribution is -0.384. The van der Waals surface area contributed by atoms with E-state index in [4.69, 9.17) is 0 Å². The molecule has 0 unspecified atom stereocenters. The average Bonchev–Trinajstić information content (AvgIpc) is 3.00. The second-order valence-corrected chi connectivity index (χ2v) is 9.12. The number of aromatic hydroxyl groups is 1. The van der Waals surface area contributed by atoms with Crippen LogP contribution in [0.5, 0.6) is 5.75 Å². The van der Waals surface area contributed by atoms with Crippen molar-refractivity contribution in [2.75, 3.05) is 0 Å². The molecule has 5 aromatic carbocycles. The average molecular weight is 524 g/mol. The molecule has 5 heteroatoms. The highest BCUT2D eigenvalue weighted by molar-refractivity contribution is 6.08. The van der Waals surface area contributed by atoms with E-state index in [9.17, 15) is 20.0 Å². The van der Waals surface area contributed by atoms with Crippen LogP contribution in [0.3, 0.4) is 0 Å². The third kappa shape index (κ3) is 5.79. The summed E-state index contributed by atoms with van der Waals surface area (Å²) in [4.78, 5) is 23.5. The van der Waals surface area contributed by atoms with Crippen LogP contribution in [0.25, 0.3) is 17.2 Å². The minimum atomic E-state index is -0.547. The maximum atomic E-state index is 13.0. The fraction of sp³-hybridized carbons (Fsp3) is 0. The van der Waals surface area contributed by atoms with Crippen molar-refractivity contribution in [2.45, 2.75) is 0 Å². The molecule has 5 nitrogen and oxygen atoms in total. The Hall–Kier alpha value is -5.55. The zero-order valence-corrected chi connectivity index (χ0v) is 21.5. The number of nitro benzene ring substituents is 1. The van der Waals surface area contributed by atoms with Gasteiger partial charge in [-0.15, -0.1) is 0 Å². The number of carbonyl (C=O) groups is 1. The number of ketones is 1. The van der Waals surface area contributed by atoms with Crippen LogP contribution in [-0.2, 0) is 0 Å². The first kappa shape index (κ1) is 26.1. The zero-order chi connectivity index (χ0) is 27.9. The highest BCUT2D eigenvalue weighted by Gasteiger charge is 2.16. The number of rotatable bonds is 8. The van der Waals surface area contributed by atoms with Crippen LogP contribution in [0.1, 0.15) is 38.2 Å². The number of benzene rings is 5. The molecule has 0 saturated heterocycles. The number of nitro groups is 1. The molecule has 0 heterocycles. The van der Waals surface area contributed by atoms with Crippen molar-refractivity contribution in [3.05, 3.63) is 183 Å². The lowest BCUT2D eigenvalue weighted by Crippen LogP contribution is -1.99. The van der Waals surface area contributed by atoms with Crippen LogP contribution in [0.15, 0.2) is 140 Å². The third-order valence-corrected chi connectivity index (χ3v) is 6.53. The number of nitrogens with zero attached hydrogens (tertiary/aromatic N) is 1. The Bertz CT molecular complexity index is 1670. The van der Waals surface area contributed by atoms with Crippen molar-refractivity contribution in [3.63, 3.8) is 0 Å². The van der Waals surface area contributed by atoms with E-state index in [2.05, 4.69) is 36.4 Å². The smallest absolute Gasteiger partial charge is 0.270 e. The number of hydrogen-bond donors (Lipinski definition) is 1. The van der Waals surface area contributed by atoms with Gasteiger partial charge in [0.1, 0.15) is 5.75 Å². The topological polar surface area (TPSA) is 80.4 Å². The third-order valence-electron chi connectivity index (χ3n) is 6.53. The fourth-order valence-corrected chi connectivity index (χ4v) is 4.58. The molecular weight excluding hydrogens is 498 g/mol. The fourth-order valence-electron chi connectivity index (χ4n) is 4.58. The van der Waals surface area contributed by atoms with Gasteiger partial charge in [-0.25, -0.2) is 0 Å². The minimum Gasteiger partial charge on any atom is -0.507 e. The first-order chi connectivity index (χ1) is 19.5. The minimum absolute atomic E-state index is 0.142. The summed E-state index contributed by atoms with van der Waals surface area (Å²) < 4.78 is 0. The summed E-state index contributed by atoms with van der Waals surface area (Å²) in [5.74, 6) is -0.425. The van der Waals surface area contributed by atoms with Crippen molar-refractivity contribution < 1.29 is 14.8 Å². The monoisotopic (exact) mass is 523 g/mol. The van der Waals surface area contributed by atoms with Crippen molar-refractivity contribution in [2.24, 2.45) is 0 Å². The molecule has 194 valence electrons. The van der Waals surface area contributed by atoms with Crippen LogP contribution in [0.4, 0.5) is 5.69 Å². The Labute approximate surface area is 232 Å². The van der Waals surface area contributed by atoms with Gasteiger partial charge in [0.15, 0.2) is 5.78 Å². The summed E-state index contributed by atoms with van der Waals surface area (Å²) >= 11 is 0. The molecule has 0 bridgehead atoms. The molecular formula is C35H25NO4. The van der Waals surface area contributed by atoms with Gasteiger partial charge in [0.05, 0.1) is 4.92 Å². The van der Waals surface area contributed by atoms with E-state index in [1.54, 1.807) is 12.1 Å². The van der Waals surface area contributed by atoms with Crippen LogP contribution < -0.4 is 0 Å². The van der Waals surface area contributed by atoms with E-state index in [-0.39, 0.29) is 22.8 Å². The predicted octanol–water partition coefficient (Wildman–Crippen LogP) is 8.20. The molecule has 0 fully saturated rings. The highest BCUT2D eigenvalue weighted by Crippen LogP contribution is 2.37. The molecule has 0 amide bonds. The molecule has 1 N–H and O–H groups in total. The van der Waals surface area contributed by atoms with Crippen LogP contribution in [-0.4, -0.2) is 15.8 Å². The number of non-ortho nitro benzene ring substituents is 1. The lowest BCUT2D eigenvalue weighted by Gasteiger charge is -2.18. The predicted molar refractivity (Wildman–Crippen MR) is 159 cm³/mol. The van der Waals surface area contributed by atoms with E-state index in [1.807, 2.05) is 66.7 Å². The Morgan fingerprint density at radius 1 is 0.600 bits per heavy atom. The molecule has 40 heavy (non-hydrogen) atoms. The van der Waals surface area contributed by atoms with E-state index in [0.29, 0.717) is 5.56 Å². The quantitative estimate of drug-likeness (QED) is 0.0731. The molecule has 5 aromatic rings. The molecule has 0 atom stereocenters. The molecule has 0 aromatic heterocycles. The number of phenols is 1. The normalized spacial score (nSPS) is 10.8. The van der Waals surface area contributed by atoms with Gasteiger partial charge in [0.25, 0.3) is 5.69 Å². The van der Waals surface area contributed by atoms with Crippen LogP contribution >= 0.6 is 0 Å². The van der Waals surface area contributed by atoms with Gasteiger partial charge in [-0.1, -0.05) is 115 Å². The first-order valence-electron chi connectivity index (χ1n) is 12.7. The Morgan fingerprint density at radius 3 is 1.48 bits per heavy atom. The van der Waals surface area contributed by atoms with Crippen LogP contribution in [0.2, 0.25) is 0 Å². The van der Waals surface area contributed by atoms with Gasteiger partial charge in [-0.05, 0) is 51.6 Å². The van der Waals surface area contributed by atoms with E-state index in [1.165, 1.54) is 30.4 Å². The molecule has 0 aliphatic carbocycles. The molecule has 0 spiro atoms. The van der Waals surface area contributed by atoms with E-state index < -0.39 is 4.92 Å². The first-order valence-corrected chi connectivity index (χ1v) is 12.7. The SMILES string of the molecule is O=C(/C=C/c1cc([N+](=O)[O-])ccc1O)c1ccc(C(=C(c2ccccc2)c2ccccc2)c2ccccc2)cc1. The summed E-state index contributed by atoms with van der Waals surface area (Å²) in [5, 5.41) is 21.1. The van der Waals surface area contributed by atoms with Gasteiger partial charge in [0, 0.05) is 23.3 Å². The number of carbonyl (C=O) groups excluding carboxylic acids is 1. The summed E-state index contributed by atoms with van der Waals surface area (Å²) in [7, 11) is 0. The highest BCUT2D eigenvalue weighted by atomic mass is 16.6. The number of allylic oxidation sites excluding steroid dienone is 1. The summed E-state index contributed by atoms with van der Waals surface area (Å²) in [6, 6.07) is 41.7. The Balaban J connectivity index is 1.57. The second kappa shape index (κ2) is 11.9. The molecule has 0 radical (unpaired) electrons. The number of phenolic OH excluding ortho intramolecular Hbond substituents is 1. The lowest BCUT2D eigenvalue weighted by atomic mass is 9.85. The molecule has 0 aliphatic rings. The summed E-state index contributed by atoms with van der Waals surface area (Å²) in [5.41, 5.74) is 6.75. The summed E-state index contributed by atoms with van der Waals surface area (Å²) in [6.45, 7) is 0. The van der Waals surface area contributed by atoms with Crippen molar-refractivity contribution >= 4 is 28.7 Å². The maximum Gasteiger partial charge on any atom is 0.270 e. The van der Waals surface area contributed by atoms with Crippen molar-refractivity contribution in [3.8, 4) is 5.75 Å². The van der Waals surface area contributed by atoms with E-state index >= 15 is 0 Å². The molecule has 5 rings (SSSR count). The standard InChI is InChI=1S/C35H25NO4/c37-32(22-20-30-24-31(36(39)40)21-23-33(30)38)25-16-18-29(19-17-25)35(28-14-8-3-9-15-28)34(26-10-4-1-5-11-26)27-12-6-2-7-13-27/h1-24,38H/b22-20+. The Kier molecular flexibility index (Phi) is 7.74. The maximum absolute atomic E-state index is 13.0. The van der Waals surface area contributed by atoms with Crippen molar-refractivity contribution in [1.82, 2.24) is 0 Å². The van der Waals surface area contributed by atoms with Gasteiger partial charge in [-0.2, -0.15) is 0 Å². The van der Waals surface area contributed by atoms with E-state index in [0.717, 1.165) is 33.4 Å². The second-order valence-electron chi connectivity index (χ2n) is 9.12. The van der Waals surface area contributed by atoms with Gasteiger partial charge >= 0.3 is 0 Å². The summed E-state index contributed by atoms with van der Waals surface area (Å²) in [6.07, 6.45) is 2.69. The molecule has 0 saturated carbocycles. The molecule has 0 aliphatic heterocycles. The largest absolute Gasteiger partial charge is 0.507 e. The Morgan fingerprint density at radius 2 is 1.02 bits per heavy atom. The van der Waals surface area contributed by atoms with Crippen molar-refractivity contribution in [1.29, 1.82) is 0 Å². The zero-order valence-electron chi connectivity index (χ0n) is 21.5. The van der Waals surface area contributed by atoms with Gasteiger partial charge < -0.3 is 5.11 Å². The van der Waals surface area contributed by atoms with Gasteiger partial charge in [0.2, 0.25) is 0 Å². The van der Waals surface area contributed by atoms with Crippen LogP contribution in [0, 0.1) is 10.1 Å². The number of hydrogen-bond acceptors (Lipinski definition) is 4.